The highest BCUT2D eigenvalue weighted by atomic mass is 35.5. The van der Waals surface area contributed by atoms with Crippen LogP contribution in [-0.4, -0.2) is 37.8 Å². The number of ether oxygens (including phenoxy) is 1. The van der Waals surface area contributed by atoms with E-state index in [4.69, 9.17) is 16.3 Å². The fraction of sp³-hybridized carbons (Fsp3) is 1.00. The molecule has 0 fully saturated rings. The fourth-order valence-corrected chi connectivity index (χ4v) is 2.44. The van der Waals surface area contributed by atoms with Crippen molar-refractivity contribution in [2.24, 2.45) is 0 Å². The van der Waals surface area contributed by atoms with Gasteiger partial charge in [-0.1, -0.05) is 0 Å². The van der Waals surface area contributed by atoms with E-state index in [9.17, 15) is 8.42 Å². The molecule has 0 saturated heterocycles. The Morgan fingerprint density at radius 2 is 1.81 bits per heavy atom. The molecule has 0 aliphatic rings. The number of nitrogens with one attached hydrogen (secondary N) is 1. The highest BCUT2D eigenvalue weighted by molar-refractivity contribution is 7.89. The molecule has 6 heteroatoms. The summed E-state index contributed by atoms with van der Waals surface area (Å²) in [5.74, 6) is -0.0434. The highest BCUT2D eigenvalue weighted by Crippen LogP contribution is 2.15. The second-order valence-corrected chi connectivity index (χ2v) is 7.17. The molecule has 1 atom stereocenters. The molecule has 0 aliphatic carbocycles. The second-order valence-electron chi connectivity index (χ2n) is 4.68. The number of alkyl halides is 1. The Bertz CT molecular complexity index is 299. The van der Waals surface area contributed by atoms with Crippen LogP contribution >= 0.6 is 11.6 Å². The number of halogens is 1. The first kappa shape index (κ1) is 16.2. The van der Waals surface area contributed by atoms with Crippen molar-refractivity contribution in [3.8, 4) is 0 Å². The summed E-state index contributed by atoms with van der Waals surface area (Å²) in [7, 11) is -3.34. The van der Waals surface area contributed by atoms with Gasteiger partial charge in [-0.2, -0.15) is 0 Å². The van der Waals surface area contributed by atoms with Crippen LogP contribution in [0.25, 0.3) is 0 Å². The van der Waals surface area contributed by atoms with E-state index >= 15 is 0 Å². The lowest BCUT2D eigenvalue weighted by Crippen LogP contribution is -2.50. The van der Waals surface area contributed by atoms with Crippen LogP contribution in [0.5, 0.6) is 0 Å². The van der Waals surface area contributed by atoms with Crippen LogP contribution in [-0.2, 0) is 14.8 Å². The molecule has 0 aromatic carbocycles. The van der Waals surface area contributed by atoms with E-state index in [1.807, 2.05) is 13.8 Å². The van der Waals surface area contributed by atoms with Crippen molar-refractivity contribution in [2.45, 2.75) is 51.6 Å². The van der Waals surface area contributed by atoms with Gasteiger partial charge in [-0.3, -0.25) is 0 Å². The van der Waals surface area contributed by atoms with E-state index in [1.165, 1.54) is 0 Å². The van der Waals surface area contributed by atoms with Crippen molar-refractivity contribution in [3.63, 3.8) is 0 Å². The molecular formula is C10H22ClNO3S. The van der Waals surface area contributed by atoms with E-state index in [2.05, 4.69) is 4.72 Å². The van der Waals surface area contributed by atoms with E-state index in [1.54, 1.807) is 20.8 Å². The van der Waals surface area contributed by atoms with Crippen molar-refractivity contribution in [2.75, 3.05) is 12.4 Å². The van der Waals surface area contributed by atoms with E-state index < -0.39 is 15.6 Å². The predicted molar refractivity (Wildman–Crippen MR) is 67.4 cm³/mol. The summed E-state index contributed by atoms with van der Waals surface area (Å²) in [6.07, 6.45) is 0.0372. The standard InChI is InChI=1S/C10H22ClNO3S/c1-8(2)15-6-7-16(13,14)12-10(4,5)9(3)11/h8-9,12H,6-7H2,1-5H3. The van der Waals surface area contributed by atoms with Crippen LogP contribution in [0.3, 0.4) is 0 Å². The van der Waals surface area contributed by atoms with Crippen LogP contribution in [0.1, 0.15) is 34.6 Å². The lowest BCUT2D eigenvalue weighted by molar-refractivity contribution is 0.0910. The maximum absolute atomic E-state index is 11.7. The average Bonchev–Trinajstić information content (AvgIpc) is 1.99. The zero-order valence-electron chi connectivity index (χ0n) is 10.6. The van der Waals surface area contributed by atoms with Gasteiger partial charge in [0.15, 0.2) is 0 Å². The molecule has 0 rings (SSSR count). The molecule has 0 saturated carbocycles. The normalized spacial score (nSPS) is 15.4. The highest BCUT2D eigenvalue weighted by Gasteiger charge is 2.29. The van der Waals surface area contributed by atoms with Gasteiger partial charge in [0.2, 0.25) is 10.0 Å². The minimum atomic E-state index is -3.34. The molecule has 0 bridgehead atoms. The van der Waals surface area contributed by atoms with Crippen LogP contribution in [0.2, 0.25) is 0 Å². The van der Waals surface area contributed by atoms with Crippen LogP contribution < -0.4 is 4.72 Å². The average molecular weight is 272 g/mol. The number of hydrogen-bond donors (Lipinski definition) is 1. The molecule has 0 aliphatic heterocycles. The third-order valence-corrected chi connectivity index (χ3v) is 4.30. The SMILES string of the molecule is CC(C)OCCS(=O)(=O)NC(C)(C)C(C)Cl. The van der Waals surface area contributed by atoms with Gasteiger partial charge < -0.3 is 4.74 Å². The maximum atomic E-state index is 11.7. The first-order valence-electron chi connectivity index (χ1n) is 5.34. The van der Waals surface area contributed by atoms with Crippen LogP contribution in [0, 0.1) is 0 Å². The molecule has 1 N–H and O–H groups in total. The fourth-order valence-electron chi connectivity index (χ4n) is 0.927. The summed E-state index contributed by atoms with van der Waals surface area (Å²) >= 11 is 5.90. The molecule has 0 radical (unpaired) electrons. The largest absolute Gasteiger partial charge is 0.378 e. The number of sulfonamides is 1. The molecule has 0 aromatic heterocycles. The summed E-state index contributed by atoms with van der Waals surface area (Å²) in [5.41, 5.74) is -0.655. The van der Waals surface area contributed by atoms with Crippen molar-refractivity contribution < 1.29 is 13.2 Å². The molecule has 4 nitrogen and oxygen atoms in total. The molecular weight excluding hydrogens is 250 g/mol. The predicted octanol–water partition coefficient (Wildman–Crippen LogP) is 1.74. The topological polar surface area (TPSA) is 55.4 Å². The summed E-state index contributed by atoms with van der Waals surface area (Å²) < 4.78 is 31.1. The van der Waals surface area contributed by atoms with Gasteiger partial charge >= 0.3 is 0 Å². The van der Waals surface area contributed by atoms with Crippen molar-refractivity contribution >= 4 is 21.6 Å². The summed E-state index contributed by atoms with van der Waals surface area (Å²) in [4.78, 5) is 0. The molecule has 0 spiro atoms. The zero-order valence-corrected chi connectivity index (χ0v) is 12.2. The molecule has 0 heterocycles. The second kappa shape index (κ2) is 6.19. The molecule has 1 unspecified atom stereocenters. The third-order valence-electron chi connectivity index (χ3n) is 2.22. The van der Waals surface area contributed by atoms with Gasteiger partial charge in [0.25, 0.3) is 0 Å². The van der Waals surface area contributed by atoms with Gasteiger partial charge in [0.1, 0.15) is 0 Å². The van der Waals surface area contributed by atoms with E-state index in [-0.39, 0.29) is 23.8 Å². The number of hydrogen-bond acceptors (Lipinski definition) is 3. The zero-order chi connectivity index (χ0) is 13.0. The Balaban J connectivity index is 4.26. The molecule has 16 heavy (non-hydrogen) atoms. The van der Waals surface area contributed by atoms with E-state index in [0.29, 0.717) is 0 Å². The lowest BCUT2D eigenvalue weighted by atomic mass is 10.0. The summed E-state index contributed by atoms with van der Waals surface area (Å²) in [6.45, 7) is 9.20. The smallest absolute Gasteiger partial charge is 0.214 e. The number of rotatable bonds is 7. The lowest BCUT2D eigenvalue weighted by Gasteiger charge is -2.28. The quantitative estimate of drug-likeness (QED) is 0.718. The Morgan fingerprint density at radius 3 is 2.19 bits per heavy atom. The van der Waals surface area contributed by atoms with Crippen LogP contribution in [0.15, 0.2) is 0 Å². The minimum Gasteiger partial charge on any atom is -0.378 e. The van der Waals surface area contributed by atoms with Crippen molar-refractivity contribution in [1.29, 1.82) is 0 Å². The molecule has 0 aromatic rings. The first-order valence-corrected chi connectivity index (χ1v) is 7.43. The van der Waals surface area contributed by atoms with Gasteiger partial charge in [0.05, 0.1) is 18.5 Å². The molecule has 0 amide bonds. The molecule has 98 valence electrons. The van der Waals surface area contributed by atoms with Gasteiger partial charge in [-0.05, 0) is 34.6 Å². The summed E-state index contributed by atoms with van der Waals surface area (Å²) in [6, 6.07) is 0. The van der Waals surface area contributed by atoms with Gasteiger partial charge in [0, 0.05) is 10.9 Å². The Hall–Kier alpha value is 0.160. The van der Waals surface area contributed by atoms with Crippen molar-refractivity contribution in [1.82, 2.24) is 4.72 Å². The first-order chi connectivity index (χ1) is 7.07. The monoisotopic (exact) mass is 271 g/mol. The van der Waals surface area contributed by atoms with Crippen molar-refractivity contribution in [3.05, 3.63) is 0 Å². The third kappa shape index (κ3) is 6.68. The van der Waals surface area contributed by atoms with Gasteiger partial charge in [-0.15, -0.1) is 11.6 Å². The Kier molecular flexibility index (Phi) is 6.25. The Labute approximate surface area is 104 Å². The van der Waals surface area contributed by atoms with Crippen LogP contribution in [0.4, 0.5) is 0 Å². The van der Waals surface area contributed by atoms with E-state index in [0.717, 1.165) is 0 Å². The minimum absolute atomic E-state index is 0.0372. The van der Waals surface area contributed by atoms with Gasteiger partial charge in [-0.25, -0.2) is 13.1 Å². The summed E-state index contributed by atoms with van der Waals surface area (Å²) in [5, 5.41) is -0.284. The maximum Gasteiger partial charge on any atom is 0.214 e. The Morgan fingerprint density at radius 1 is 1.31 bits per heavy atom.